The summed E-state index contributed by atoms with van der Waals surface area (Å²) in [7, 11) is 0. The van der Waals surface area contributed by atoms with Gasteiger partial charge in [0.05, 0.1) is 0 Å². The lowest BCUT2D eigenvalue weighted by Crippen LogP contribution is -2.47. The van der Waals surface area contributed by atoms with Crippen LogP contribution in [0, 0.1) is 0 Å². The van der Waals surface area contributed by atoms with Gasteiger partial charge in [-0.1, -0.05) is 6.92 Å². The number of hydrogen-bond acceptors (Lipinski definition) is 3. The third kappa shape index (κ3) is 4.35. The van der Waals surface area contributed by atoms with Crippen LogP contribution in [0.4, 0.5) is 0 Å². The Bertz CT molecular complexity index is 79.1. The minimum Gasteiger partial charge on any atom is -0.338 e. The third-order valence-corrected chi connectivity index (χ3v) is 1.34. The molecule has 3 nitrogen and oxygen atoms in total. The van der Waals surface area contributed by atoms with Crippen LogP contribution in [0.15, 0.2) is 0 Å². The molecule has 0 amide bonds. The van der Waals surface area contributed by atoms with Crippen molar-refractivity contribution in [1.82, 2.24) is 5.32 Å². The first-order valence-electron chi connectivity index (χ1n) is 4.21. The van der Waals surface area contributed by atoms with Crippen LogP contribution in [0.25, 0.3) is 0 Å². The normalized spacial score (nSPS) is 12.0. The summed E-state index contributed by atoms with van der Waals surface area (Å²) in [6.07, 6.45) is 0. The molecule has 0 saturated carbocycles. The molecule has 0 aliphatic heterocycles. The monoisotopic (exact) mass is 161 g/mol. The van der Waals surface area contributed by atoms with Gasteiger partial charge in [0.25, 0.3) is 0 Å². The maximum Gasteiger partial charge on any atom is 0.224 e. The fraction of sp³-hybridized carbons (Fsp3) is 1.00. The van der Waals surface area contributed by atoms with E-state index in [2.05, 4.69) is 5.32 Å². The largest absolute Gasteiger partial charge is 0.338 e. The topological polar surface area (TPSA) is 30.5 Å². The smallest absolute Gasteiger partial charge is 0.224 e. The van der Waals surface area contributed by atoms with Crippen LogP contribution < -0.4 is 5.32 Å². The molecule has 11 heavy (non-hydrogen) atoms. The van der Waals surface area contributed by atoms with Crippen molar-refractivity contribution in [3.63, 3.8) is 0 Å². The fourth-order valence-electron chi connectivity index (χ4n) is 1.02. The van der Waals surface area contributed by atoms with E-state index in [-0.39, 0.29) is 0 Å². The minimum absolute atomic E-state index is 0.599. The molecule has 0 heterocycles. The van der Waals surface area contributed by atoms with Crippen molar-refractivity contribution in [1.29, 1.82) is 0 Å². The van der Waals surface area contributed by atoms with Crippen molar-refractivity contribution in [3.05, 3.63) is 0 Å². The summed E-state index contributed by atoms with van der Waals surface area (Å²) in [6, 6.07) is 0. The summed E-state index contributed by atoms with van der Waals surface area (Å²) in [4.78, 5) is 0. The lowest BCUT2D eigenvalue weighted by molar-refractivity contribution is -0.239. The number of ether oxygens (including phenoxy) is 2. The number of hydrogen-bond donors (Lipinski definition) is 1. The molecule has 0 unspecified atom stereocenters. The van der Waals surface area contributed by atoms with E-state index in [0.717, 1.165) is 6.54 Å². The average Bonchev–Trinajstić information content (AvgIpc) is 1.88. The summed E-state index contributed by atoms with van der Waals surface area (Å²) in [5.41, 5.74) is 0. The lowest BCUT2D eigenvalue weighted by atomic mass is 10.5. The van der Waals surface area contributed by atoms with Crippen molar-refractivity contribution in [2.45, 2.75) is 33.6 Å². The van der Waals surface area contributed by atoms with Gasteiger partial charge in [0, 0.05) is 20.1 Å². The first-order chi connectivity index (χ1) is 5.18. The first-order valence-corrected chi connectivity index (χ1v) is 4.21. The van der Waals surface area contributed by atoms with Crippen molar-refractivity contribution < 1.29 is 9.47 Å². The van der Waals surface area contributed by atoms with Gasteiger partial charge in [0.15, 0.2) is 0 Å². The van der Waals surface area contributed by atoms with E-state index in [1.807, 2.05) is 27.7 Å². The van der Waals surface area contributed by atoms with E-state index in [4.69, 9.17) is 9.47 Å². The van der Waals surface area contributed by atoms with Crippen LogP contribution in [-0.2, 0) is 9.47 Å². The zero-order valence-corrected chi connectivity index (χ0v) is 7.94. The molecule has 3 heteroatoms. The molecule has 0 radical (unpaired) electrons. The highest BCUT2D eigenvalue weighted by atomic mass is 16.7. The predicted octanol–water partition coefficient (Wildman–Crippen LogP) is 1.34. The summed E-state index contributed by atoms with van der Waals surface area (Å²) < 4.78 is 10.8. The summed E-state index contributed by atoms with van der Waals surface area (Å²) >= 11 is 0. The van der Waals surface area contributed by atoms with Gasteiger partial charge < -0.3 is 9.47 Å². The highest BCUT2D eigenvalue weighted by Crippen LogP contribution is 2.06. The Labute approximate surface area is 69.1 Å². The van der Waals surface area contributed by atoms with E-state index in [1.54, 1.807) is 0 Å². The molecule has 0 aromatic carbocycles. The summed E-state index contributed by atoms with van der Waals surface area (Å²) in [6.45, 7) is 9.98. The fourth-order valence-corrected chi connectivity index (χ4v) is 1.02. The Hall–Kier alpha value is -0.120. The predicted molar refractivity (Wildman–Crippen MR) is 45.3 cm³/mol. The molecule has 0 atom stereocenters. The summed E-state index contributed by atoms with van der Waals surface area (Å²) in [5, 5.41) is 3.12. The molecular weight excluding hydrogens is 142 g/mol. The standard InChI is InChI=1S/C8H19NO2/c1-5-9-8(4,10-6-2)11-7-3/h9H,5-7H2,1-4H3. The second-order valence-electron chi connectivity index (χ2n) is 2.34. The Morgan fingerprint density at radius 1 is 1.09 bits per heavy atom. The van der Waals surface area contributed by atoms with Crippen LogP contribution >= 0.6 is 0 Å². The first kappa shape index (κ1) is 10.9. The molecule has 1 N–H and O–H groups in total. The molecule has 0 aliphatic rings. The van der Waals surface area contributed by atoms with Gasteiger partial charge in [-0.25, -0.2) is 0 Å². The molecule has 0 spiro atoms. The second kappa shape index (κ2) is 5.52. The van der Waals surface area contributed by atoms with E-state index < -0.39 is 5.91 Å². The summed E-state index contributed by atoms with van der Waals surface area (Å²) in [5.74, 6) is -0.599. The zero-order chi connectivity index (χ0) is 8.74. The Morgan fingerprint density at radius 2 is 1.55 bits per heavy atom. The van der Waals surface area contributed by atoms with Gasteiger partial charge >= 0.3 is 0 Å². The minimum atomic E-state index is -0.599. The quantitative estimate of drug-likeness (QED) is 0.596. The van der Waals surface area contributed by atoms with Crippen LogP contribution in [-0.4, -0.2) is 25.7 Å². The van der Waals surface area contributed by atoms with Crippen LogP contribution in [0.5, 0.6) is 0 Å². The van der Waals surface area contributed by atoms with E-state index in [1.165, 1.54) is 0 Å². The van der Waals surface area contributed by atoms with Crippen LogP contribution in [0.3, 0.4) is 0 Å². The molecule has 0 aromatic rings. The van der Waals surface area contributed by atoms with Crippen molar-refractivity contribution in [3.8, 4) is 0 Å². The maximum absolute atomic E-state index is 5.38. The Balaban J connectivity index is 3.79. The van der Waals surface area contributed by atoms with E-state index >= 15 is 0 Å². The van der Waals surface area contributed by atoms with Crippen LogP contribution in [0.1, 0.15) is 27.7 Å². The molecule has 0 rings (SSSR count). The van der Waals surface area contributed by atoms with Gasteiger partial charge in [-0.15, -0.1) is 0 Å². The van der Waals surface area contributed by atoms with E-state index in [9.17, 15) is 0 Å². The molecule has 0 saturated heterocycles. The number of nitrogens with one attached hydrogen (secondary N) is 1. The van der Waals surface area contributed by atoms with Gasteiger partial charge in [0.1, 0.15) is 0 Å². The Morgan fingerprint density at radius 3 is 1.82 bits per heavy atom. The third-order valence-electron chi connectivity index (χ3n) is 1.34. The average molecular weight is 161 g/mol. The van der Waals surface area contributed by atoms with Gasteiger partial charge in [-0.3, -0.25) is 5.32 Å². The molecule has 0 bridgehead atoms. The zero-order valence-electron chi connectivity index (χ0n) is 7.94. The Kier molecular flexibility index (Phi) is 5.46. The highest BCUT2D eigenvalue weighted by molar-refractivity contribution is 4.57. The van der Waals surface area contributed by atoms with Crippen molar-refractivity contribution >= 4 is 0 Å². The molecular formula is C8H19NO2. The van der Waals surface area contributed by atoms with Crippen molar-refractivity contribution in [2.24, 2.45) is 0 Å². The van der Waals surface area contributed by atoms with Gasteiger partial charge in [-0.2, -0.15) is 0 Å². The van der Waals surface area contributed by atoms with Crippen LogP contribution in [0.2, 0.25) is 0 Å². The number of rotatable bonds is 6. The second-order valence-corrected chi connectivity index (χ2v) is 2.34. The molecule has 0 aliphatic carbocycles. The molecule has 0 aromatic heterocycles. The van der Waals surface area contributed by atoms with Gasteiger partial charge in [-0.05, 0) is 20.4 Å². The van der Waals surface area contributed by atoms with Crippen molar-refractivity contribution in [2.75, 3.05) is 19.8 Å². The van der Waals surface area contributed by atoms with Gasteiger partial charge in [0.2, 0.25) is 5.91 Å². The molecule has 68 valence electrons. The lowest BCUT2D eigenvalue weighted by Gasteiger charge is -2.29. The van der Waals surface area contributed by atoms with E-state index in [0.29, 0.717) is 13.2 Å². The SMILES string of the molecule is CCNC(C)(OCC)OCC. The maximum atomic E-state index is 5.38. The molecule has 0 fully saturated rings. The highest BCUT2D eigenvalue weighted by Gasteiger charge is 2.22.